The Morgan fingerprint density at radius 2 is 1.55 bits per heavy atom. The van der Waals surface area contributed by atoms with Crippen LogP contribution in [-0.2, 0) is 19.7 Å². The fourth-order valence-corrected chi connectivity index (χ4v) is 7.39. The quantitative estimate of drug-likeness (QED) is 0.481. The molecule has 6 heteroatoms. The summed E-state index contributed by atoms with van der Waals surface area (Å²) in [5.74, 6) is -0.0887. The van der Waals surface area contributed by atoms with E-state index in [4.69, 9.17) is 0 Å². The predicted molar refractivity (Wildman–Crippen MR) is 39.5 cm³/mol. The molecule has 2 heterocycles. The Balaban J connectivity index is 2.62. The molecule has 2 aliphatic rings. The van der Waals surface area contributed by atoms with Crippen molar-refractivity contribution in [3.05, 3.63) is 0 Å². The lowest BCUT2D eigenvalue weighted by Gasteiger charge is -1.98. The summed E-state index contributed by atoms with van der Waals surface area (Å²) in [6.07, 6.45) is 0.819. The highest BCUT2D eigenvalue weighted by Crippen LogP contribution is 2.50. The first-order valence-electron chi connectivity index (χ1n) is 3.36. The summed E-state index contributed by atoms with van der Waals surface area (Å²) >= 11 is 0. The smallest absolute Gasteiger partial charge is 0.187 e. The van der Waals surface area contributed by atoms with Gasteiger partial charge in [0, 0.05) is 0 Å². The van der Waals surface area contributed by atoms with Crippen LogP contribution in [0.5, 0.6) is 0 Å². The van der Waals surface area contributed by atoms with Crippen molar-refractivity contribution in [3.8, 4) is 0 Å². The summed E-state index contributed by atoms with van der Waals surface area (Å²) in [6.45, 7) is 0. The first kappa shape index (κ1) is 7.54. The Hall–Kier alpha value is -0.100. The summed E-state index contributed by atoms with van der Waals surface area (Å²) in [5, 5.41) is 0. The lowest BCUT2D eigenvalue weighted by Crippen LogP contribution is -2.20. The third kappa shape index (κ3) is 0.691. The van der Waals surface area contributed by atoms with Crippen LogP contribution in [0.25, 0.3) is 0 Å². The van der Waals surface area contributed by atoms with Crippen molar-refractivity contribution in [1.82, 2.24) is 0 Å². The fourth-order valence-electron chi connectivity index (χ4n) is 1.64. The zero-order chi connectivity index (χ0) is 8.33. The van der Waals surface area contributed by atoms with Crippen molar-refractivity contribution in [2.75, 3.05) is 11.5 Å². The highest BCUT2D eigenvalue weighted by atomic mass is 32.3. The molecule has 0 radical (unpaired) electrons. The van der Waals surface area contributed by atoms with E-state index >= 15 is 0 Å². The first-order chi connectivity index (χ1) is 4.91. The second-order valence-electron chi connectivity index (χ2n) is 3.09. The Bertz CT molecular complexity index is 390. The first-order valence-corrected chi connectivity index (χ1v) is 6.66. The van der Waals surface area contributed by atoms with E-state index in [-0.39, 0.29) is 11.5 Å². The molecule has 4 nitrogen and oxygen atoms in total. The van der Waals surface area contributed by atoms with Gasteiger partial charge in [0.2, 0.25) is 0 Å². The van der Waals surface area contributed by atoms with Crippen LogP contribution in [0.1, 0.15) is 12.8 Å². The van der Waals surface area contributed by atoms with Gasteiger partial charge >= 0.3 is 0 Å². The normalized spacial score (nSPS) is 44.4. The minimum absolute atomic E-state index is 0.0478. The van der Waals surface area contributed by atoms with Gasteiger partial charge in [0.25, 0.3) is 0 Å². The molecule has 1 unspecified atom stereocenters. The van der Waals surface area contributed by atoms with E-state index in [1.54, 1.807) is 0 Å². The zero-order valence-electron chi connectivity index (χ0n) is 5.78. The van der Waals surface area contributed by atoms with E-state index in [1.165, 1.54) is 0 Å². The van der Waals surface area contributed by atoms with Gasteiger partial charge in [-0.25, -0.2) is 16.8 Å². The van der Waals surface area contributed by atoms with Crippen LogP contribution in [0.3, 0.4) is 0 Å². The molecule has 0 aliphatic carbocycles. The van der Waals surface area contributed by atoms with Crippen molar-refractivity contribution in [2.24, 2.45) is 0 Å². The van der Waals surface area contributed by atoms with Gasteiger partial charge in [-0.1, -0.05) is 0 Å². The fraction of sp³-hybridized carbons (Fsp3) is 1.00. The summed E-state index contributed by atoms with van der Waals surface area (Å²) in [6, 6.07) is 0. The van der Waals surface area contributed by atoms with Gasteiger partial charge in [-0.15, -0.1) is 0 Å². The third-order valence-electron chi connectivity index (χ3n) is 2.43. The monoisotopic (exact) mass is 196 g/mol. The molecule has 0 aromatic rings. The van der Waals surface area contributed by atoms with Crippen LogP contribution in [0, 0.1) is 0 Å². The number of hydrogen-bond acceptors (Lipinski definition) is 4. The van der Waals surface area contributed by atoms with Gasteiger partial charge in [0.1, 0.15) is 0 Å². The molecule has 2 saturated heterocycles. The molecule has 2 rings (SSSR count). The molecule has 0 aromatic heterocycles. The average molecular weight is 196 g/mol. The summed E-state index contributed by atoms with van der Waals surface area (Å²) in [5.41, 5.74) is 0. The second kappa shape index (κ2) is 1.64. The van der Waals surface area contributed by atoms with Crippen LogP contribution < -0.4 is 0 Å². The molecule has 0 saturated carbocycles. The molecule has 11 heavy (non-hydrogen) atoms. The van der Waals surface area contributed by atoms with Crippen molar-refractivity contribution < 1.29 is 16.8 Å². The largest absolute Gasteiger partial charge is 0.227 e. The van der Waals surface area contributed by atoms with E-state index in [0.29, 0.717) is 12.8 Å². The van der Waals surface area contributed by atoms with Gasteiger partial charge in [0.15, 0.2) is 23.8 Å². The number of hydrogen-bond donors (Lipinski definition) is 0. The van der Waals surface area contributed by atoms with Crippen LogP contribution >= 0.6 is 0 Å². The minimum Gasteiger partial charge on any atom is -0.227 e. The molecule has 2 fully saturated rings. The van der Waals surface area contributed by atoms with Crippen molar-refractivity contribution >= 4 is 19.7 Å². The third-order valence-corrected chi connectivity index (χ3v) is 8.45. The minimum atomic E-state index is -3.31. The predicted octanol–water partition coefficient (Wildman–Crippen LogP) is -0.680. The Labute approximate surface area is 65.4 Å². The summed E-state index contributed by atoms with van der Waals surface area (Å²) in [7, 11) is -6.56. The van der Waals surface area contributed by atoms with Crippen LogP contribution in [0.15, 0.2) is 0 Å². The van der Waals surface area contributed by atoms with E-state index in [2.05, 4.69) is 0 Å². The molecule has 0 aromatic carbocycles. The molecule has 0 N–H and O–H groups in total. The van der Waals surface area contributed by atoms with Gasteiger partial charge in [0.05, 0.1) is 11.5 Å². The number of sulfone groups is 2. The van der Waals surface area contributed by atoms with Crippen LogP contribution in [0.2, 0.25) is 0 Å². The average Bonchev–Trinajstić information content (AvgIpc) is 2.23. The maximum Gasteiger partial charge on any atom is 0.187 e. The van der Waals surface area contributed by atoms with E-state index < -0.39 is 23.8 Å². The Kier molecular flexibility index (Phi) is 1.12. The lowest BCUT2D eigenvalue weighted by molar-refractivity contribution is 0.587. The van der Waals surface area contributed by atoms with E-state index in [1.807, 2.05) is 0 Å². The molecule has 1 atom stereocenters. The van der Waals surface area contributed by atoms with Crippen LogP contribution in [-0.4, -0.2) is 32.4 Å². The molecule has 2 aliphatic heterocycles. The standard InChI is InChI=1S/C5H8O4S2/c6-10(7)3-1-2-5(10)4-11(5,8)9/h1-4H2. The van der Waals surface area contributed by atoms with E-state index in [0.717, 1.165) is 0 Å². The molecule has 1 spiro atoms. The molecular formula is C5H8O4S2. The van der Waals surface area contributed by atoms with Gasteiger partial charge in [-0.05, 0) is 12.8 Å². The Morgan fingerprint density at radius 3 is 1.73 bits per heavy atom. The summed E-state index contributed by atoms with van der Waals surface area (Å²) < 4.78 is 42.9. The highest BCUT2D eigenvalue weighted by molar-refractivity contribution is 8.17. The van der Waals surface area contributed by atoms with Crippen molar-refractivity contribution in [1.29, 1.82) is 0 Å². The van der Waals surface area contributed by atoms with Crippen LogP contribution in [0.4, 0.5) is 0 Å². The summed E-state index contributed by atoms with van der Waals surface area (Å²) in [4.78, 5) is 0. The maximum absolute atomic E-state index is 11.2. The van der Waals surface area contributed by atoms with Gasteiger partial charge in [-0.2, -0.15) is 0 Å². The molecule has 0 bridgehead atoms. The van der Waals surface area contributed by atoms with Gasteiger partial charge in [-0.3, -0.25) is 0 Å². The van der Waals surface area contributed by atoms with Crippen molar-refractivity contribution in [3.63, 3.8) is 0 Å². The zero-order valence-corrected chi connectivity index (χ0v) is 7.41. The topological polar surface area (TPSA) is 68.3 Å². The molecule has 64 valence electrons. The molecule has 0 amide bonds. The SMILES string of the molecule is O=S1(=O)CCCC12CS2(=O)=O. The Morgan fingerprint density at radius 1 is 1.00 bits per heavy atom. The molecular weight excluding hydrogens is 188 g/mol. The lowest BCUT2D eigenvalue weighted by atomic mass is 10.3. The van der Waals surface area contributed by atoms with Gasteiger partial charge < -0.3 is 0 Å². The second-order valence-corrected chi connectivity index (χ2v) is 8.07. The van der Waals surface area contributed by atoms with Crippen molar-refractivity contribution in [2.45, 2.75) is 16.9 Å². The maximum atomic E-state index is 11.2. The number of rotatable bonds is 0. The van der Waals surface area contributed by atoms with E-state index in [9.17, 15) is 16.8 Å². The highest BCUT2D eigenvalue weighted by Gasteiger charge is 2.71.